The van der Waals surface area contributed by atoms with Crippen molar-refractivity contribution in [3.8, 4) is 0 Å². The minimum atomic E-state index is -0.389. The lowest BCUT2D eigenvalue weighted by atomic mass is 9.96. The molecule has 0 N–H and O–H groups in total. The zero-order chi connectivity index (χ0) is 26.1. The number of piperazine rings is 1. The fourth-order valence-corrected chi connectivity index (χ4v) is 5.18. The zero-order valence-electron chi connectivity index (χ0n) is 21.8. The molecule has 0 amide bonds. The van der Waals surface area contributed by atoms with Crippen LogP contribution < -0.4 is 11.2 Å². The maximum absolute atomic E-state index is 13.6. The second-order valence-corrected chi connectivity index (χ2v) is 9.55. The van der Waals surface area contributed by atoms with Crippen molar-refractivity contribution in [2.75, 3.05) is 32.7 Å². The van der Waals surface area contributed by atoms with E-state index in [9.17, 15) is 18.4 Å². The quantitative estimate of drug-likeness (QED) is 0.335. The standard InChI is InChI=1S/C27H30F2N6O2.2ClH/c1-31-25-24(26(36)32(2)27(31)37)35(18-30-25)13-3-12-33-14-16-34(17-15-33)23(19-4-8-21(28)9-5-19)20-6-10-22(29)11-7-20;;/h4-11,18,23H,3,12-17H2,1-2H3;2*1H. The lowest BCUT2D eigenvalue weighted by Crippen LogP contribution is -2.48. The summed E-state index contributed by atoms with van der Waals surface area (Å²) >= 11 is 0. The van der Waals surface area contributed by atoms with Gasteiger partial charge in [0.1, 0.15) is 11.6 Å². The number of hydrogen-bond donors (Lipinski definition) is 0. The lowest BCUT2D eigenvalue weighted by molar-refractivity contribution is 0.108. The van der Waals surface area contributed by atoms with Crippen LogP contribution in [0.5, 0.6) is 0 Å². The predicted molar refractivity (Wildman–Crippen MR) is 152 cm³/mol. The summed E-state index contributed by atoms with van der Waals surface area (Å²) in [4.78, 5) is 33.8. The largest absolute Gasteiger partial charge is 0.332 e. The van der Waals surface area contributed by atoms with Crippen molar-refractivity contribution in [1.82, 2.24) is 28.5 Å². The van der Waals surface area contributed by atoms with Gasteiger partial charge in [0.2, 0.25) is 0 Å². The Morgan fingerprint density at radius 2 is 1.33 bits per heavy atom. The molecule has 0 saturated carbocycles. The van der Waals surface area contributed by atoms with E-state index in [0.717, 1.165) is 54.8 Å². The molecule has 2 aromatic heterocycles. The molecule has 1 saturated heterocycles. The van der Waals surface area contributed by atoms with E-state index in [1.54, 1.807) is 37.6 Å². The Labute approximate surface area is 237 Å². The highest BCUT2D eigenvalue weighted by Crippen LogP contribution is 2.30. The third-order valence-corrected chi connectivity index (χ3v) is 7.23. The van der Waals surface area contributed by atoms with Crippen molar-refractivity contribution in [1.29, 1.82) is 0 Å². The summed E-state index contributed by atoms with van der Waals surface area (Å²) in [5.41, 5.74) is 2.07. The summed E-state index contributed by atoms with van der Waals surface area (Å²) in [6.45, 7) is 4.83. The van der Waals surface area contributed by atoms with Crippen molar-refractivity contribution < 1.29 is 8.78 Å². The molecule has 0 radical (unpaired) electrons. The van der Waals surface area contributed by atoms with Crippen LogP contribution in [0.2, 0.25) is 0 Å². The Balaban J connectivity index is 0.00000210. The first-order valence-corrected chi connectivity index (χ1v) is 12.4. The van der Waals surface area contributed by atoms with Crippen molar-refractivity contribution in [2.45, 2.75) is 19.0 Å². The highest BCUT2D eigenvalue weighted by Gasteiger charge is 2.26. The van der Waals surface area contributed by atoms with Gasteiger partial charge in [-0.15, -0.1) is 24.8 Å². The molecule has 1 aliphatic rings. The number of halogens is 4. The zero-order valence-corrected chi connectivity index (χ0v) is 23.4. The molecular weight excluding hydrogens is 549 g/mol. The fraction of sp³-hybridized carbons (Fsp3) is 0.370. The number of hydrogen-bond acceptors (Lipinski definition) is 5. The third-order valence-electron chi connectivity index (χ3n) is 7.23. The van der Waals surface area contributed by atoms with Crippen LogP contribution in [0.4, 0.5) is 8.78 Å². The van der Waals surface area contributed by atoms with Crippen LogP contribution >= 0.6 is 24.8 Å². The molecule has 0 atom stereocenters. The van der Waals surface area contributed by atoms with Crippen molar-refractivity contribution >= 4 is 36.0 Å². The minimum Gasteiger partial charge on any atom is -0.325 e. The monoisotopic (exact) mass is 580 g/mol. The van der Waals surface area contributed by atoms with E-state index in [1.165, 1.54) is 35.9 Å². The number of imidazole rings is 1. The molecule has 39 heavy (non-hydrogen) atoms. The van der Waals surface area contributed by atoms with Gasteiger partial charge in [-0.1, -0.05) is 24.3 Å². The maximum Gasteiger partial charge on any atom is 0.332 e. The maximum atomic E-state index is 13.6. The number of rotatable bonds is 7. The Morgan fingerprint density at radius 1 is 0.795 bits per heavy atom. The van der Waals surface area contributed by atoms with E-state index in [1.807, 2.05) is 4.57 Å². The molecule has 210 valence electrons. The van der Waals surface area contributed by atoms with Crippen LogP contribution in [0, 0.1) is 11.6 Å². The molecule has 4 aromatic rings. The molecule has 5 rings (SSSR count). The second-order valence-electron chi connectivity index (χ2n) is 9.55. The average molecular weight is 581 g/mol. The van der Waals surface area contributed by atoms with Crippen LogP contribution in [-0.4, -0.2) is 61.2 Å². The van der Waals surface area contributed by atoms with E-state index in [4.69, 9.17) is 0 Å². The molecule has 0 unspecified atom stereocenters. The lowest BCUT2D eigenvalue weighted by Gasteiger charge is -2.40. The van der Waals surface area contributed by atoms with E-state index in [2.05, 4.69) is 14.8 Å². The average Bonchev–Trinajstić information content (AvgIpc) is 3.33. The smallest absolute Gasteiger partial charge is 0.325 e. The molecule has 1 aliphatic heterocycles. The van der Waals surface area contributed by atoms with Crippen LogP contribution in [0.3, 0.4) is 0 Å². The normalized spacial score (nSPS) is 14.4. The minimum absolute atomic E-state index is 0. The number of aryl methyl sites for hydroxylation is 2. The van der Waals surface area contributed by atoms with Gasteiger partial charge in [-0.2, -0.15) is 0 Å². The third kappa shape index (κ3) is 6.24. The predicted octanol–water partition coefficient (Wildman–Crippen LogP) is 3.35. The summed E-state index contributed by atoms with van der Waals surface area (Å²) in [6.07, 6.45) is 2.45. The van der Waals surface area contributed by atoms with Crippen molar-refractivity contribution in [3.05, 3.63) is 98.5 Å². The van der Waals surface area contributed by atoms with Gasteiger partial charge < -0.3 is 9.47 Å². The number of fused-ring (bicyclic) bond motifs is 1. The van der Waals surface area contributed by atoms with E-state index >= 15 is 0 Å². The van der Waals surface area contributed by atoms with Gasteiger partial charge in [0.25, 0.3) is 5.56 Å². The van der Waals surface area contributed by atoms with Gasteiger partial charge in [-0.3, -0.25) is 18.8 Å². The molecule has 3 heterocycles. The van der Waals surface area contributed by atoms with Crippen molar-refractivity contribution in [2.24, 2.45) is 14.1 Å². The molecular formula is C27H32Cl2F2N6O2. The van der Waals surface area contributed by atoms with Crippen LogP contribution in [0.25, 0.3) is 11.2 Å². The summed E-state index contributed by atoms with van der Waals surface area (Å²) in [5, 5.41) is 0. The fourth-order valence-electron chi connectivity index (χ4n) is 5.18. The first kappa shape index (κ1) is 30.5. The summed E-state index contributed by atoms with van der Waals surface area (Å²) in [5.74, 6) is -0.561. The Kier molecular flexibility index (Phi) is 10.1. The first-order valence-electron chi connectivity index (χ1n) is 12.4. The Hall–Kier alpha value is -3.05. The van der Waals surface area contributed by atoms with E-state index in [-0.39, 0.29) is 53.7 Å². The molecule has 0 bridgehead atoms. The van der Waals surface area contributed by atoms with Gasteiger partial charge in [-0.05, 0) is 48.4 Å². The second kappa shape index (κ2) is 12.9. The summed E-state index contributed by atoms with van der Waals surface area (Å²) < 4.78 is 31.5. The first-order chi connectivity index (χ1) is 17.8. The van der Waals surface area contributed by atoms with Crippen LogP contribution in [-0.2, 0) is 20.6 Å². The van der Waals surface area contributed by atoms with Crippen LogP contribution in [0.15, 0.2) is 64.4 Å². The van der Waals surface area contributed by atoms with Gasteiger partial charge in [0, 0.05) is 46.8 Å². The van der Waals surface area contributed by atoms with E-state index in [0.29, 0.717) is 17.7 Å². The highest BCUT2D eigenvalue weighted by molar-refractivity contribution is 5.85. The molecule has 2 aromatic carbocycles. The Morgan fingerprint density at radius 3 is 1.87 bits per heavy atom. The highest BCUT2D eigenvalue weighted by atomic mass is 35.5. The topological polar surface area (TPSA) is 68.3 Å². The molecule has 0 aliphatic carbocycles. The van der Waals surface area contributed by atoms with Gasteiger partial charge in [-0.25, -0.2) is 18.6 Å². The number of nitrogens with zero attached hydrogens (tertiary/aromatic N) is 6. The van der Waals surface area contributed by atoms with E-state index < -0.39 is 0 Å². The summed E-state index contributed by atoms with van der Waals surface area (Å²) in [7, 11) is 3.10. The molecule has 1 fully saturated rings. The number of benzene rings is 2. The van der Waals surface area contributed by atoms with Gasteiger partial charge >= 0.3 is 5.69 Å². The van der Waals surface area contributed by atoms with Crippen LogP contribution in [0.1, 0.15) is 23.6 Å². The molecule has 12 heteroatoms. The SMILES string of the molecule is Cl.Cl.Cn1c(=O)c2c(ncn2CCCN2CCN(C(c3ccc(F)cc3)c3ccc(F)cc3)CC2)n(C)c1=O. The van der Waals surface area contributed by atoms with Crippen molar-refractivity contribution in [3.63, 3.8) is 0 Å². The Bertz CT molecular complexity index is 1470. The van der Waals surface area contributed by atoms with Gasteiger partial charge in [0.15, 0.2) is 11.2 Å². The molecule has 0 spiro atoms. The molecule has 8 nitrogen and oxygen atoms in total. The van der Waals surface area contributed by atoms with Gasteiger partial charge in [0.05, 0.1) is 12.4 Å². The number of aromatic nitrogens is 4. The summed E-state index contributed by atoms with van der Waals surface area (Å²) in [6, 6.07) is 13.0.